The zero-order valence-corrected chi connectivity index (χ0v) is 20.6. The molecule has 1 aliphatic heterocycles. The molecule has 2 heterocycles. The Bertz CT molecular complexity index is 1200. The molecule has 6 nitrogen and oxygen atoms in total. The molecular weight excluding hydrogens is 454 g/mol. The standard InChI is InChI=1S/C25H29N3O3S2/c1-3-33(30,31)22-11-9-21(10-12-22)28-15-13-20(14-16-28)27-25(29)24-18(2)26-23(32-24)17-19-7-5-4-6-8-19/h4-12,20H,3,13-17H2,1-2H3,(H,27,29). The summed E-state index contributed by atoms with van der Waals surface area (Å²) in [5.74, 6) is 0.0571. The van der Waals surface area contributed by atoms with Crippen LogP contribution in [-0.4, -0.2) is 44.2 Å². The van der Waals surface area contributed by atoms with E-state index in [9.17, 15) is 13.2 Å². The second-order valence-corrected chi connectivity index (χ2v) is 11.7. The highest BCUT2D eigenvalue weighted by atomic mass is 32.2. The van der Waals surface area contributed by atoms with Crippen LogP contribution in [0.4, 0.5) is 5.69 Å². The highest BCUT2D eigenvalue weighted by Crippen LogP contribution is 2.24. The van der Waals surface area contributed by atoms with Gasteiger partial charge in [0.1, 0.15) is 4.88 Å². The fourth-order valence-electron chi connectivity index (χ4n) is 4.07. The first-order chi connectivity index (χ1) is 15.9. The molecule has 1 aliphatic rings. The number of hydrogen-bond acceptors (Lipinski definition) is 6. The average Bonchev–Trinajstić information content (AvgIpc) is 3.20. The minimum Gasteiger partial charge on any atom is -0.371 e. The molecule has 1 N–H and O–H groups in total. The number of rotatable bonds is 7. The van der Waals surface area contributed by atoms with Gasteiger partial charge in [-0.3, -0.25) is 4.79 Å². The number of nitrogens with zero attached hydrogens (tertiary/aromatic N) is 2. The van der Waals surface area contributed by atoms with Crippen LogP contribution in [0, 0.1) is 6.92 Å². The number of anilines is 1. The summed E-state index contributed by atoms with van der Waals surface area (Å²) >= 11 is 1.47. The molecule has 1 saturated heterocycles. The fraction of sp³-hybridized carbons (Fsp3) is 0.360. The maximum Gasteiger partial charge on any atom is 0.263 e. The normalized spacial score (nSPS) is 14.9. The number of aromatic nitrogens is 1. The van der Waals surface area contributed by atoms with Crippen molar-refractivity contribution in [2.24, 2.45) is 0 Å². The average molecular weight is 484 g/mol. The number of benzene rings is 2. The third-order valence-corrected chi connectivity index (χ3v) is 8.92. The van der Waals surface area contributed by atoms with Gasteiger partial charge in [0.15, 0.2) is 9.84 Å². The van der Waals surface area contributed by atoms with Gasteiger partial charge in [0.2, 0.25) is 0 Å². The molecule has 0 aliphatic carbocycles. The highest BCUT2D eigenvalue weighted by molar-refractivity contribution is 7.91. The number of carbonyl (C=O) groups excluding carboxylic acids is 1. The molecule has 1 amide bonds. The lowest BCUT2D eigenvalue weighted by Crippen LogP contribution is -2.44. The largest absolute Gasteiger partial charge is 0.371 e. The zero-order valence-electron chi connectivity index (χ0n) is 19.0. The van der Waals surface area contributed by atoms with Gasteiger partial charge in [-0.1, -0.05) is 37.3 Å². The summed E-state index contributed by atoms with van der Waals surface area (Å²) in [6.45, 7) is 5.17. The van der Waals surface area contributed by atoms with Gasteiger partial charge < -0.3 is 10.2 Å². The molecule has 0 unspecified atom stereocenters. The first-order valence-corrected chi connectivity index (χ1v) is 13.7. The summed E-state index contributed by atoms with van der Waals surface area (Å²) < 4.78 is 24.0. The van der Waals surface area contributed by atoms with Crippen molar-refractivity contribution in [3.05, 3.63) is 75.7 Å². The van der Waals surface area contributed by atoms with Gasteiger partial charge in [-0.2, -0.15) is 0 Å². The Morgan fingerprint density at radius 2 is 1.76 bits per heavy atom. The van der Waals surface area contributed by atoms with Crippen molar-refractivity contribution in [2.45, 2.75) is 44.0 Å². The minimum absolute atomic E-state index is 0.0445. The molecule has 1 fully saturated rings. The molecule has 174 valence electrons. The predicted octanol–water partition coefficient (Wildman–Crippen LogP) is 4.23. The maximum atomic E-state index is 12.9. The van der Waals surface area contributed by atoms with Gasteiger partial charge in [-0.25, -0.2) is 13.4 Å². The fourth-order valence-corrected chi connectivity index (χ4v) is 5.96. The molecule has 4 rings (SSSR count). The van der Waals surface area contributed by atoms with E-state index >= 15 is 0 Å². The summed E-state index contributed by atoms with van der Waals surface area (Å²) in [4.78, 5) is 20.8. The van der Waals surface area contributed by atoms with E-state index in [-0.39, 0.29) is 17.7 Å². The van der Waals surface area contributed by atoms with Crippen LogP contribution in [0.2, 0.25) is 0 Å². The number of piperidine rings is 1. The molecule has 33 heavy (non-hydrogen) atoms. The lowest BCUT2D eigenvalue weighted by molar-refractivity contribution is 0.0934. The van der Waals surface area contributed by atoms with Crippen LogP contribution in [0.5, 0.6) is 0 Å². The van der Waals surface area contributed by atoms with E-state index < -0.39 is 9.84 Å². The Morgan fingerprint density at radius 1 is 1.09 bits per heavy atom. The van der Waals surface area contributed by atoms with Crippen LogP contribution in [0.3, 0.4) is 0 Å². The number of hydrogen-bond donors (Lipinski definition) is 1. The molecule has 0 spiro atoms. The second kappa shape index (κ2) is 10.1. The Labute approximate surface area is 199 Å². The van der Waals surface area contributed by atoms with Gasteiger partial charge in [0.05, 0.1) is 21.3 Å². The van der Waals surface area contributed by atoms with Crippen LogP contribution in [0.15, 0.2) is 59.5 Å². The molecule has 0 radical (unpaired) electrons. The number of carbonyl (C=O) groups is 1. The SMILES string of the molecule is CCS(=O)(=O)c1ccc(N2CCC(NC(=O)c3sc(Cc4ccccc4)nc3C)CC2)cc1. The van der Waals surface area contributed by atoms with Crippen LogP contribution in [0.25, 0.3) is 0 Å². The Kier molecular flexibility index (Phi) is 7.14. The van der Waals surface area contributed by atoms with E-state index in [1.807, 2.05) is 37.3 Å². The summed E-state index contributed by atoms with van der Waals surface area (Å²) in [6, 6.07) is 17.4. The van der Waals surface area contributed by atoms with Crippen molar-refractivity contribution in [1.29, 1.82) is 0 Å². The Morgan fingerprint density at radius 3 is 2.39 bits per heavy atom. The monoisotopic (exact) mass is 483 g/mol. The van der Waals surface area contributed by atoms with Crippen LogP contribution in [-0.2, 0) is 16.3 Å². The molecule has 2 aromatic carbocycles. The Balaban J connectivity index is 1.32. The lowest BCUT2D eigenvalue weighted by atomic mass is 10.0. The van der Waals surface area contributed by atoms with Crippen LogP contribution < -0.4 is 10.2 Å². The van der Waals surface area contributed by atoms with Gasteiger partial charge >= 0.3 is 0 Å². The first-order valence-electron chi connectivity index (χ1n) is 11.2. The molecule has 3 aromatic rings. The third kappa shape index (κ3) is 5.62. The molecule has 0 atom stereocenters. The first kappa shape index (κ1) is 23.4. The number of thiazole rings is 1. The summed E-state index contributed by atoms with van der Waals surface area (Å²) in [7, 11) is -3.18. The summed E-state index contributed by atoms with van der Waals surface area (Å²) in [5, 5.41) is 4.14. The number of nitrogens with one attached hydrogen (secondary N) is 1. The quantitative estimate of drug-likeness (QED) is 0.544. The molecule has 0 saturated carbocycles. The van der Waals surface area contributed by atoms with Crippen LogP contribution >= 0.6 is 11.3 Å². The van der Waals surface area contributed by atoms with E-state index in [1.54, 1.807) is 19.1 Å². The molecule has 0 bridgehead atoms. The van der Waals surface area contributed by atoms with E-state index in [0.717, 1.165) is 48.7 Å². The van der Waals surface area contributed by atoms with Crippen molar-refractivity contribution in [3.8, 4) is 0 Å². The minimum atomic E-state index is -3.18. The van der Waals surface area contributed by atoms with Crippen molar-refractivity contribution in [3.63, 3.8) is 0 Å². The third-order valence-electron chi connectivity index (χ3n) is 6.02. The van der Waals surface area contributed by atoms with Crippen molar-refractivity contribution < 1.29 is 13.2 Å². The Hall–Kier alpha value is -2.71. The smallest absolute Gasteiger partial charge is 0.263 e. The number of sulfone groups is 1. The summed E-state index contributed by atoms with van der Waals surface area (Å²) in [5.41, 5.74) is 2.98. The van der Waals surface area contributed by atoms with E-state index in [0.29, 0.717) is 9.77 Å². The lowest BCUT2D eigenvalue weighted by Gasteiger charge is -2.34. The highest BCUT2D eigenvalue weighted by Gasteiger charge is 2.24. The van der Waals surface area contributed by atoms with E-state index in [1.165, 1.54) is 16.9 Å². The number of amides is 1. The van der Waals surface area contributed by atoms with Crippen molar-refractivity contribution in [2.75, 3.05) is 23.7 Å². The van der Waals surface area contributed by atoms with E-state index in [2.05, 4.69) is 27.3 Å². The van der Waals surface area contributed by atoms with Gasteiger partial charge in [-0.15, -0.1) is 11.3 Å². The predicted molar refractivity (Wildman–Crippen MR) is 133 cm³/mol. The second-order valence-electron chi connectivity index (χ2n) is 8.32. The zero-order chi connectivity index (χ0) is 23.4. The van der Waals surface area contributed by atoms with Gasteiger partial charge in [0.25, 0.3) is 5.91 Å². The molecule has 1 aromatic heterocycles. The molecular formula is C25H29N3O3S2. The van der Waals surface area contributed by atoms with Crippen molar-refractivity contribution in [1.82, 2.24) is 10.3 Å². The van der Waals surface area contributed by atoms with Crippen molar-refractivity contribution >= 4 is 32.8 Å². The van der Waals surface area contributed by atoms with E-state index in [4.69, 9.17) is 0 Å². The maximum absolute atomic E-state index is 12.9. The molecule has 8 heteroatoms. The summed E-state index contributed by atoms with van der Waals surface area (Å²) in [6.07, 6.45) is 2.42. The van der Waals surface area contributed by atoms with Crippen LogP contribution in [0.1, 0.15) is 45.7 Å². The topological polar surface area (TPSA) is 79.4 Å². The van der Waals surface area contributed by atoms with Gasteiger partial charge in [0, 0.05) is 31.2 Å². The number of aryl methyl sites for hydroxylation is 1. The van der Waals surface area contributed by atoms with Gasteiger partial charge in [-0.05, 0) is 49.6 Å².